The van der Waals surface area contributed by atoms with Gasteiger partial charge >= 0.3 is 5.97 Å². The van der Waals surface area contributed by atoms with Crippen LogP contribution in [-0.2, 0) is 11.2 Å². The molecule has 1 atom stereocenters. The number of aryl methyl sites for hydroxylation is 1. The van der Waals surface area contributed by atoms with Crippen LogP contribution >= 0.6 is 0 Å². The highest BCUT2D eigenvalue weighted by molar-refractivity contribution is 5.70. The summed E-state index contributed by atoms with van der Waals surface area (Å²) in [6.07, 6.45) is 0.937. The van der Waals surface area contributed by atoms with Gasteiger partial charge in [-0.3, -0.25) is 4.79 Å². The first-order valence-electron chi connectivity index (χ1n) is 6.49. The van der Waals surface area contributed by atoms with Gasteiger partial charge in [-0.05, 0) is 31.4 Å². The van der Waals surface area contributed by atoms with Gasteiger partial charge in [-0.2, -0.15) is 0 Å². The van der Waals surface area contributed by atoms with Crippen molar-refractivity contribution in [3.63, 3.8) is 0 Å². The van der Waals surface area contributed by atoms with Crippen molar-refractivity contribution in [2.75, 3.05) is 13.1 Å². The largest absolute Gasteiger partial charge is 0.481 e. The quantitative estimate of drug-likeness (QED) is 0.730. The Hall–Kier alpha value is -1.35. The summed E-state index contributed by atoms with van der Waals surface area (Å²) in [6.45, 7) is 7.33. The monoisotopic (exact) mass is 249 g/mol. The number of carboxylic acid groups (broad SMARTS) is 1. The van der Waals surface area contributed by atoms with Crippen LogP contribution in [0.2, 0.25) is 0 Å². The summed E-state index contributed by atoms with van der Waals surface area (Å²) >= 11 is 0. The molecule has 0 bridgehead atoms. The van der Waals surface area contributed by atoms with Gasteiger partial charge in [-0.15, -0.1) is 0 Å². The van der Waals surface area contributed by atoms with Crippen LogP contribution in [0.1, 0.15) is 25.0 Å². The summed E-state index contributed by atoms with van der Waals surface area (Å²) in [5.74, 6) is -0.857. The Morgan fingerprint density at radius 2 is 2.11 bits per heavy atom. The van der Waals surface area contributed by atoms with Gasteiger partial charge in [-0.1, -0.05) is 43.7 Å². The minimum atomic E-state index is -0.715. The van der Waals surface area contributed by atoms with Crippen LogP contribution in [0.5, 0.6) is 0 Å². The van der Waals surface area contributed by atoms with Gasteiger partial charge in [0.2, 0.25) is 0 Å². The van der Waals surface area contributed by atoms with E-state index >= 15 is 0 Å². The summed E-state index contributed by atoms with van der Waals surface area (Å²) in [5, 5.41) is 12.3. The molecule has 1 rings (SSSR count). The highest BCUT2D eigenvalue weighted by Gasteiger charge is 2.20. The molecule has 0 aliphatic rings. The molecule has 0 aliphatic carbocycles. The summed E-state index contributed by atoms with van der Waals surface area (Å²) in [7, 11) is 0. The van der Waals surface area contributed by atoms with Gasteiger partial charge in [-0.25, -0.2) is 0 Å². The SMILES string of the molecule is Cc1cccc(CCNCC(C(=O)O)C(C)C)c1. The Morgan fingerprint density at radius 3 is 2.67 bits per heavy atom. The fraction of sp³-hybridized carbons (Fsp3) is 0.533. The molecule has 1 aromatic rings. The number of hydrogen-bond donors (Lipinski definition) is 2. The Morgan fingerprint density at radius 1 is 1.39 bits per heavy atom. The molecule has 1 aromatic carbocycles. The molecule has 0 saturated heterocycles. The zero-order valence-electron chi connectivity index (χ0n) is 11.4. The molecule has 0 aliphatic heterocycles. The van der Waals surface area contributed by atoms with Gasteiger partial charge < -0.3 is 10.4 Å². The van der Waals surface area contributed by atoms with Crippen molar-refractivity contribution >= 4 is 5.97 Å². The van der Waals surface area contributed by atoms with Crippen molar-refractivity contribution in [3.05, 3.63) is 35.4 Å². The van der Waals surface area contributed by atoms with E-state index in [1.165, 1.54) is 11.1 Å². The molecule has 0 heterocycles. The van der Waals surface area contributed by atoms with Crippen LogP contribution in [0.15, 0.2) is 24.3 Å². The molecule has 0 radical (unpaired) electrons. The number of benzene rings is 1. The predicted molar refractivity (Wildman–Crippen MR) is 73.7 cm³/mol. The Labute approximate surface area is 109 Å². The van der Waals surface area contributed by atoms with Crippen LogP contribution in [-0.4, -0.2) is 24.2 Å². The first-order valence-corrected chi connectivity index (χ1v) is 6.49. The van der Waals surface area contributed by atoms with Gasteiger partial charge in [0.25, 0.3) is 0 Å². The second kappa shape index (κ2) is 7.17. The molecule has 3 heteroatoms. The normalized spacial score (nSPS) is 12.7. The highest BCUT2D eigenvalue weighted by atomic mass is 16.4. The van der Waals surface area contributed by atoms with Crippen LogP contribution in [0.25, 0.3) is 0 Å². The number of carboxylic acids is 1. The van der Waals surface area contributed by atoms with Crippen molar-refractivity contribution in [2.45, 2.75) is 27.2 Å². The van der Waals surface area contributed by atoms with E-state index in [9.17, 15) is 4.79 Å². The van der Waals surface area contributed by atoms with Crippen LogP contribution < -0.4 is 5.32 Å². The fourth-order valence-corrected chi connectivity index (χ4v) is 1.97. The Bertz CT molecular complexity index is 388. The molecule has 0 fully saturated rings. The Balaban J connectivity index is 2.32. The maximum absolute atomic E-state index is 11.0. The molecule has 3 nitrogen and oxygen atoms in total. The summed E-state index contributed by atoms with van der Waals surface area (Å²) in [6, 6.07) is 8.40. The topological polar surface area (TPSA) is 49.3 Å². The molecule has 0 amide bonds. The van der Waals surface area contributed by atoms with Crippen molar-refractivity contribution < 1.29 is 9.90 Å². The average molecular weight is 249 g/mol. The number of aliphatic carboxylic acids is 1. The minimum Gasteiger partial charge on any atom is -0.481 e. The van der Waals surface area contributed by atoms with Gasteiger partial charge in [0.1, 0.15) is 0 Å². The molecule has 0 spiro atoms. The summed E-state index contributed by atoms with van der Waals surface area (Å²) < 4.78 is 0. The first-order chi connectivity index (χ1) is 8.50. The molecular formula is C15H23NO2. The third kappa shape index (κ3) is 4.88. The molecule has 0 aromatic heterocycles. The summed E-state index contributed by atoms with van der Waals surface area (Å²) in [4.78, 5) is 11.0. The van der Waals surface area contributed by atoms with Crippen molar-refractivity contribution in [1.82, 2.24) is 5.32 Å². The van der Waals surface area contributed by atoms with Crippen molar-refractivity contribution in [1.29, 1.82) is 0 Å². The molecule has 0 saturated carbocycles. The first kappa shape index (κ1) is 14.7. The minimum absolute atomic E-state index is 0.161. The molecular weight excluding hydrogens is 226 g/mol. The van der Waals surface area contributed by atoms with Gasteiger partial charge in [0.05, 0.1) is 5.92 Å². The molecule has 2 N–H and O–H groups in total. The zero-order valence-corrected chi connectivity index (χ0v) is 11.4. The lowest BCUT2D eigenvalue weighted by Gasteiger charge is -2.16. The second-order valence-electron chi connectivity index (χ2n) is 5.13. The fourth-order valence-electron chi connectivity index (χ4n) is 1.97. The lowest BCUT2D eigenvalue weighted by Crippen LogP contribution is -2.33. The highest BCUT2D eigenvalue weighted by Crippen LogP contribution is 2.10. The number of nitrogens with one attached hydrogen (secondary N) is 1. The maximum Gasteiger partial charge on any atom is 0.308 e. The van der Waals surface area contributed by atoms with Crippen molar-refractivity contribution in [2.24, 2.45) is 11.8 Å². The smallest absolute Gasteiger partial charge is 0.308 e. The average Bonchev–Trinajstić information content (AvgIpc) is 2.27. The zero-order chi connectivity index (χ0) is 13.5. The second-order valence-corrected chi connectivity index (χ2v) is 5.13. The van der Waals surface area contributed by atoms with Crippen LogP contribution in [0.4, 0.5) is 0 Å². The third-order valence-corrected chi connectivity index (χ3v) is 3.16. The van der Waals surface area contributed by atoms with Crippen LogP contribution in [0.3, 0.4) is 0 Å². The standard InChI is InChI=1S/C15H23NO2/c1-11(2)14(15(17)18)10-16-8-7-13-6-4-5-12(3)9-13/h4-6,9,11,14,16H,7-8,10H2,1-3H3,(H,17,18). The van der Waals surface area contributed by atoms with E-state index in [0.29, 0.717) is 6.54 Å². The van der Waals surface area contributed by atoms with Gasteiger partial charge in [0, 0.05) is 6.54 Å². The predicted octanol–water partition coefficient (Wildman–Crippen LogP) is 2.48. The van der Waals surface area contributed by atoms with E-state index in [0.717, 1.165) is 13.0 Å². The van der Waals surface area contributed by atoms with E-state index in [1.54, 1.807) is 0 Å². The van der Waals surface area contributed by atoms with E-state index in [1.807, 2.05) is 13.8 Å². The van der Waals surface area contributed by atoms with Crippen molar-refractivity contribution in [3.8, 4) is 0 Å². The lowest BCUT2D eigenvalue weighted by molar-refractivity contribution is -0.143. The van der Waals surface area contributed by atoms with E-state index < -0.39 is 5.97 Å². The number of hydrogen-bond acceptors (Lipinski definition) is 2. The number of rotatable bonds is 7. The van der Waals surface area contributed by atoms with E-state index in [-0.39, 0.29) is 11.8 Å². The maximum atomic E-state index is 11.0. The Kier molecular flexibility index (Phi) is 5.86. The summed E-state index contributed by atoms with van der Waals surface area (Å²) in [5.41, 5.74) is 2.55. The molecule has 1 unspecified atom stereocenters. The van der Waals surface area contributed by atoms with E-state index in [4.69, 9.17) is 5.11 Å². The molecule has 18 heavy (non-hydrogen) atoms. The van der Waals surface area contributed by atoms with Crippen LogP contribution in [0, 0.1) is 18.8 Å². The lowest BCUT2D eigenvalue weighted by atomic mass is 9.96. The van der Waals surface area contributed by atoms with E-state index in [2.05, 4.69) is 36.5 Å². The molecule has 100 valence electrons. The third-order valence-electron chi connectivity index (χ3n) is 3.16. The number of carbonyl (C=O) groups is 1. The van der Waals surface area contributed by atoms with Gasteiger partial charge in [0.15, 0.2) is 0 Å².